The molecule has 5 heterocycles. The molecule has 1 aromatic heterocycles. The van der Waals surface area contributed by atoms with Gasteiger partial charge in [0.1, 0.15) is 17.7 Å². The molecule has 1 unspecified atom stereocenters. The number of benzene rings is 1. The average molecular weight is 557 g/mol. The Labute approximate surface area is 230 Å². The summed E-state index contributed by atoms with van der Waals surface area (Å²) in [7, 11) is 0. The van der Waals surface area contributed by atoms with Crippen LogP contribution in [0.25, 0.3) is 0 Å². The quantitative estimate of drug-likeness (QED) is 0.441. The lowest BCUT2D eigenvalue weighted by atomic mass is 9.85. The van der Waals surface area contributed by atoms with Gasteiger partial charge in [0.15, 0.2) is 0 Å². The van der Waals surface area contributed by atoms with E-state index in [-0.39, 0.29) is 42.4 Å². The molecule has 3 amide bonds. The number of imide groups is 1. The number of carbonyl (C=O) groups is 3. The molecule has 12 heteroatoms. The summed E-state index contributed by atoms with van der Waals surface area (Å²) in [6.45, 7) is 5.32. The molecule has 0 aliphatic carbocycles. The number of likely N-dealkylation sites (tertiary alicyclic amines) is 1. The third-order valence-electron chi connectivity index (χ3n) is 8.20. The van der Waals surface area contributed by atoms with Gasteiger partial charge in [-0.25, -0.2) is 14.4 Å². The summed E-state index contributed by atoms with van der Waals surface area (Å²) in [6, 6.07) is 2.10. The second-order valence-electron chi connectivity index (χ2n) is 10.6. The average Bonchev–Trinajstić information content (AvgIpc) is 3.26. The van der Waals surface area contributed by atoms with Crippen LogP contribution < -0.4 is 10.2 Å². The molecule has 39 heavy (non-hydrogen) atoms. The van der Waals surface area contributed by atoms with Gasteiger partial charge in [0.25, 0.3) is 5.91 Å². The van der Waals surface area contributed by atoms with Crippen molar-refractivity contribution in [3.8, 4) is 0 Å². The number of nitrogens with zero attached hydrogens (tertiary/aromatic N) is 5. The van der Waals surface area contributed by atoms with Crippen molar-refractivity contribution in [3.63, 3.8) is 0 Å². The number of fused-ring (bicyclic) bond motifs is 1. The number of nitrogens with one attached hydrogen (secondary N) is 1. The van der Waals surface area contributed by atoms with Crippen LogP contribution in [-0.4, -0.2) is 82.9 Å². The monoisotopic (exact) mass is 556 g/mol. The number of piperidine rings is 2. The van der Waals surface area contributed by atoms with Gasteiger partial charge in [-0.3, -0.25) is 24.6 Å². The van der Waals surface area contributed by atoms with Crippen molar-refractivity contribution >= 4 is 35.1 Å². The van der Waals surface area contributed by atoms with Gasteiger partial charge in [0.05, 0.1) is 13.2 Å². The number of aromatic nitrogens is 2. The first kappa shape index (κ1) is 26.1. The van der Waals surface area contributed by atoms with Crippen LogP contribution in [-0.2, 0) is 27.4 Å². The number of rotatable bonds is 5. The van der Waals surface area contributed by atoms with E-state index in [0.29, 0.717) is 25.3 Å². The van der Waals surface area contributed by atoms with Gasteiger partial charge in [0, 0.05) is 49.9 Å². The fourth-order valence-corrected chi connectivity index (χ4v) is 6.33. The Kier molecular flexibility index (Phi) is 7.22. The maximum absolute atomic E-state index is 14.7. The second-order valence-corrected chi connectivity index (χ2v) is 10.9. The summed E-state index contributed by atoms with van der Waals surface area (Å²) in [4.78, 5) is 52.0. The number of hydrogen-bond donors (Lipinski definition) is 1. The van der Waals surface area contributed by atoms with E-state index in [0.717, 1.165) is 61.5 Å². The van der Waals surface area contributed by atoms with Crippen molar-refractivity contribution < 1.29 is 23.5 Å². The molecular formula is C27H30ClFN6O4. The molecule has 0 bridgehead atoms. The number of carbonyl (C=O) groups excluding carboxylic acids is 3. The number of amides is 3. The van der Waals surface area contributed by atoms with Crippen LogP contribution in [0.4, 0.5) is 10.2 Å². The zero-order chi connectivity index (χ0) is 27.1. The maximum Gasteiger partial charge on any atom is 0.255 e. The van der Waals surface area contributed by atoms with Crippen LogP contribution in [0.3, 0.4) is 0 Å². The molecule has 3 saturated heterocycles. The third-order valence-corrected chi connectivity index (χ3v) is 8.38. The number of hydrogen-bond acceptors (Lipinski definition) is 8. The molecule has 3 fully saturated rings. The smallest absolute Gasteiger partial charge is 0.255 e. The Balaban J connectivity index is 1.16. The Morgan fingerprint density at radius 1 is 1.08 bits per heavy atom. The van der Waals surface area contributed by atoms with Gasteiger partial charge in [-0.1, -0.05) is 0 Å². The van der Waals surface area contributed by atoms with E-state index in [1.807, 2.05) is 0 Å². The summed E-state index contributed by atoms with van der Waals surface area (Å²) in [5, 5.41) is 2.54. The van der Waals surface area contributed by atoms with Crippen molar-refractivity contribution in [2.24, 2.45) is 0 Å². The van der Waals surface area contributed by atoms with Crippen molar-refractivity contribution in [1.29, 1.82) is 0 Å². The topological polar surface area (TPSA) is 108 Å². The molecular weight excluding hydrogens is 527 g/mol. The first-order chi connectivity index (χ1) is 18.9. The van der Waals surface area contributed by atoms with Crippen LogP contribution in [0.1, 0.15) is 58.6 Å². The van der Waals surface area contributed by atoms with E-state index >= 15 is 0 Å². The minimum Gasteiger partial charge on any atom is -0.378 e. The molecule has 1 N–H and O–H groups in total. The largest absolute Gasteiger partial charge is 0.378 e. The van der Waals surface area contributed by atoms with E-state index in [2.05, 4.69) is 25.1 Å². The summed E-state index contributed by atoms with van der Waals surface area (Å²) < 4.78 is 20.2. The highest BCUT2D eigenvalue weighted by Crippen LogP contribution is 2.38. The van der Waals surface area contributed by atoms with Crippen LogP contribution in [0, 0.1) is 5.82 Å². The lowest BCUT2D eigenvalue weighted by Gasteiger charge is -2.34. The van der Waals surface area contributed by atoms with Crippen molar-refractivity contribution in [3.05, 3.63) is 51.7 Å². The third kappa shape index (κ3) is 5.22. The highest BCUT2D eigenvalue weighted by molar-refractivity contribution is 6.28. The molecule has 2 aromatic rings. The lowest BCUT2D eigenvalue weighted by Crippen LogP contribution is -2.52. The molecule has 1 aromatic carbocycles. The molecule has 1 atom stereocenters. The van der Waals surface area contributed by atoms with E-state index in [9.17, 15) is 18.8 Å². The standard InChI is InChI=1S/C27H30ClFN6O4/c28-27-30-13-17(24(32-27)34-7-9-39-10-8-34)14-33-5-3-16(4-6-33)19-11-18(29)12-20-21(19)15-35(26(20)38)22-1-2-23(36)31-25(22)37/h11-13,16,22H,1-10,14-15H2,(H,31,36,37). The molecule has 6 rings (SSSR count). The highest BCUT2D eigenvalue weighted by Gasteiger charge is 2.41. The fraction of sp³-hybridized carbons (Fsp3) is 0.519. The van der Waals surface area contributed by atoms with E-state index < -0.39 is 17.8 Å². The Hall–Kier alpha value is -3.15. The minimum atomic E-state index is -0.720. The second kappa shape index (κ2) is 10.8. The number of halogens is 2. The molecule has 0 saturated carbocycles. The lowest BCUT2D eigenvalue weighted by molar-refractivity contribution is -0.136. The van der Waals surface area contributed by atoms with Crippen LogP contribution in [0.5, 0.6) is 0 Å². The van der Waals surface area contributed by atoms with Crippen LogP contribution in [0.15, 0.2) is 18.3 Å². The number of ether oxygens (including phenoxy) is 1. The molecule has 4 aliphatic rings. The van der Waals surface area contributed by atoms with E-state index in [1.54, 1.807) is 12.3 Å². The highest BCUT2D eigenvalue weighted by atomic mass is 35.5. The SMILES string of the molecule is O=C1CCC(N2Cc3c(cc(F)cc3C3CCN(Cc4cnc(Cl)nc4N4CCOCC4)CC3)C2=O)C(=O)N1. The maximum atomic E-state index is 14.7. The van der Waals surface area contributed by atoms with Crippen molar-refractivity contribution in [2.45, 2.75) is 50.7 Å². The normalized spacial score (nSPS) is 22.8. The summed E-state index contributed by atoms with van der Waals surface area (Å²) in [5.41, 5.74) is 2.98. The zero-order valence-electron chi connectivity index (χ0n) is 21.5. The Bertz CT molecular complexity index is 1310. The summed E-state index contributed by atoms with van der Waals surface area (Å²) in [6.07, 6.45) is 3.87. The van der Waals surface area contributed by atoms with Crippen LogP contribution >= 0.6 is 11.6 Å². The van der Waals surface area contributed by atoms with Gasteiger partial charge >= 0.3 is 0 Å². The van der Waals surface area contributed by atoms with Gasteiger partial charge in [-0.2, -0.15) is 0 Å². The van der Waals surface area contributed by atoms with Gasteiger partial charge in [-0.15, -0.1) is 0 Å². The summed E-state index contributed by atoms with van der Waals surface area (Å²) >= 11 is 6.12. The summed E-state index contributed by atoms with van der Waals surface area (Å²) in [5.74, 6) is -0.656. The fourth-order valence-electron chi connectivity index (χ4n) is 6.20. The zero-order valence-corrected chi connectivity index (χ0v) is 22.3. The van der Waals surface area contributed by atoms with Crippen LogP contribution in [0.2, 0.25) is 5.28 Å². The Morgan fingerprint density at radius 2 is 1.85 bits per heavy atom. The first-order valence-electron chi connectivity index (χ1n) is 13.4. The van der Waals surface area contributed by atoms with Crippen molar-refractivity contribution in [1.82, 2.24) is 25.1 Å². The van der Waals surface area contributed by atoms with E-state index in [1.165, 1.54) is 11.0 Å². The number of anilines is 1. The van der Waals surface area contributed by atoms with Gasteiger partial charge in [-0.05, 0) is 73.1 Å². The minimum absolute atomic E-state index is 0.0976. The van der Waals surface area contributed by atoms with Gasteiger partial charge < -0.3 is 14.5 Å². The predicted octanol–water partition coefficient (Wildman–Crippen LogP) is 2.25. The number of morpholine rings is 1. The molecule has 206 valence electrons. The van der Waals surface area contributed by atoms with Crippen molar-refractivity contribution in [2.75, 3.05) is 44.3 Å². The van der Waals surface area contributed by atoms with Gasteiger partial charge in [0.2, 0.25) is 17.1 Å². The first-order valence-corrected chi connectivity index (χ1v) is 13.8. The molecule has 0 spiro atoms. The molecule has 0 radical (unpaired) electrons. The molecule has 10 nitrogen and oxygen atoms in total. The van der Waals surface area contributed by atoms with E-state index in [4.69, 9.17) is 16.3 Å². The Morgan fingerprint density at radius 3 is 2.59 bits per heavy atom. The molecule has 4 aliphatic heterocycles. The predicted molar refractivity (Wildman–Crippen MR) is 140 cm³/mol.